The Bertz CT molecular complexity index is 567. The molecule has 98 valence electrons. The van der Waals surface area contributed by atoms with Gasteiger partial charge >= 0.3 is 0 Å². The third-order valence-electron chi connectivity index (χ3n) is 2.74. The number of anilines is 1. The van der Waals surface area contributed by atoms with Crippen LogP contribution in [0.15, 0.2) is 48.5 Å². The average Bonchev–Trinajstić information content (AvgIpc) is 2.43. The van der Waals surface area contributed by atoms with Crippen molar-refractivity contribution >= 4 is 11.6 Å². The fourth-order valence-corrected chi connectivity index (χ4v) is 1.81. The second-order valence-corrected chi connectivity index (χ2v) is 4.17. The van der Waals surface area contributed by atoms with Crippen molar-refractivity contribution in [3.8, 4) is 0 Å². The van der Waals surface area contributed by atoms with E-state index in [0.29, 0.717) is 12.1 Å². The highest BCUT2D eigenvalue weighted by molar-refractivity contribution is 5.92. The molecular weight excluding hydrogens is 245 g/mol. The molecule has 0 radical (unpaired) electrons. The van der Waals surface area contributed by atoms with Gasteiger partial charge in [0, 0.05) is 5.69 Å². The molecule has 2 aromatic rings. The average molecular weight is 259 g/mol. The van der Waals surface area contributed by atoms with Gasteiger partial charge in [0.05, 0.1) is 0 Å². The van der Waals surface area contributed by atoms with E-state index < -0.39 is 12.5 Å². The first-order valence-electron chi connectivity index (χ1n) is 5.92. The Morgan fingerprint density at radius 1 is 1.11 bits per heavy atom. The Morgan fingerprint density at radius 3 is 2.47 bits per heavy atom. The van der Waals surface area contributed by atoms with Gasteiger partial charge in [-0.15, -0.1) is 0 Å². The van der Waals surface area contributed by atoms with E-state index in [1.54, 1.807) is 24.3 Å². The number of carbonyl (C=O) groups excluding carboxylic acids is 1. The molecule has 0 heterocycles. The highest BCUT2D eigenvalue weighted by atomic mass is 19.1. The van der Waals surface area contributed by atoms with Crippen LogP contribution in [-0.2, 0) is 11.2 Å². The molecule has 0 spiro atoms. The lowest BCUT2D eigenvalue weighted by Gasteiger charge is -2.10. The summed E-state index contributed by atoms with van der Waals surface area (Å²) in [6, 6.07) is 13.6. The van der Waals surface area contributed by atoms with Gasteiger partial charge < -0.3 is 10.4 Å². The van der Waals surface area contributed by atoms with Gasteiger partial charge in [-0.2, -0.15) is 0 Å². The number of benzene rings is 2. The van der Waals surface area contributed by atoms with Crippen LogP contribution in [0.2, 0.25) is 0 Å². The Kier molecular flexibility index (Phi) is 4.26. The minimum Gasteiger partial charge on any atom is -0.387 e. The van der Waals surface area contributed by atoms with Gasteiger partial charge in [-0.05, 0) is 35.7 Å². The monoisotopic (exact) mass is 259 g/mol. The van der Waals surface area contributed by atoms with Crippen LogP contribution in [-0.4, -0.2) is 17.6 Å². The maximum atomic E-state index is 12.8. The van der Waals surface area contributed by atoms with Gasteiger partial charge in [-0.25, -0.2) is 4.39 Å². The normalized spacial score (nSPS) is 10.2. The Hall–Kier alpha value is -2.20. The summed E-state index contributed by atoms with van der Waals surface area (Å²) in [6.07, 6.45) is 0.585. The molecule has 0 bridgehead atoms. The molecule has 2 aromatic carbocycles. The van der Waals surface area contributed by atoms with E-state index in [9.17, 15) is 9.18 Å². The van der Waals surface area contributed by atoms with Crippen LogP contribution in [0.3, 0.4) is 0 Å². The molecular formula is C15H14FNO2. The number of aliphatic hydroxyl groups excluding tert-OH is 1. The minimum absolute atomic E-state index is 0.273. The number of para-hydroxylation sites is 1. The largest absolute Gasteiger partial charge is 0.387 e. The van der Waals surface area contributed by atoms with Crippen molar-refractivity contribution in [2.24, 2.45) is 0 Å². The first kappa shape index (κ1) is 13.2. The Labute approximate surface area is 110 Å². The first-order valence-corrected chi connectivity index (χ1v) is 5.92. The molecule has 0 fully saturated rings. The lowest BCUT2D eigenvalue weighted by Crippen LogP contribution is -2.16. The predicted molar refractivity (Wildman–Crippen MR) is 71.4 cm³/mol. The number of nitrogens with one attached hydrogen (secondary N) is 1. The van der Waals surface area contributed by atoms with Crippen molar-refractivity contribution in [1.82, 2.24) is 0 Å². The van der Waals surface area contributed by atoms with Crippen molar-refractivity contribution in [2.45, 2.75) is 6.42 Å². The summed E-state index contributed by atoms with van der Waals surface area (Å²) in [5, 5.41) is 11.4. The number of hydrogen-bond donors (Lipinski definition) is 2. The fraction of sp³-hybridized carbons (Fsp3) is 0.133. The molecule has 3 nitrogen and oxygen atoms in total. The number of aliphatic hydroxyl groups is 1. The molecule has 0 aliphatic carbocycles. The number of amides is 1. The molecule has 0 aliphatic rings. The highest BCUT2D eigenvalue weighted by Crippen LogP contribution is 2.19. The van der Waals surface area contributed by atoms with E-state index >= 15 is 0 Å². The third kappa shape index (κ3) is 3.63. The van der Waals surface area contributed by atoms with Gasteiger partial charge in [0.2, 0.25) is 5.91 Å². The molecule has 1 amide bonds. The summed E-state index contributed by atoms with van der Waals surface area (Å²) in [7, 11) is 0. The van der Waals surface area contributed by atoms with Gasteiger partial charge in [0.15, 0.2) is 0 Å². The lowest BCUT2D eigenvalue weighted by atomic mass is 10.0. The van der Waals surface area contributed by atoms with Gasteiger partial charge in [0.25, 0.3) is 0 Å². The summed E-state index contributed by atoms with van der Waals surface area (Å²) >= 11 is 0. The zero-order valence-corrected chi connectivity index (χ0v) is 10.3. The summed E-state index contributed by atoms with van der Waals surface area (Å²) in [6.45, 7) is -0.551. The van der Waals surface area contributed by atoms with E-state index in [4.69, 9.17) is 5.11 Å². The maximum Gasteiger partial charge on any atom is 0.250 e. The van der Waals surface area contributed by atoms with Crippen LogP contribution in [0, 0.1) is 5.82 Å². The molecule has 0 aromatic heterocycles. The summed E-state index contributed by atoms with van der Waals surface area (Å²) in [5.41, 5.74) is 2.52. The molecule has 0 atom stereocenters. The van der Waals surface area contributed by atoms with Crippen LogP contribution >= 0.6 is 0 Å². The molecule has 0 saturated carbocycles. The topological polar surface area (TPSA) is 49.3 Å². The second kappa shape index (κ2) is 6.11. The fourth-order valence-electron chi connectivity index (χ4n) is 1.81. The molecule has 2 N–H and O–H groups in total. The van der Waals surface area contributed by atoms with Crippen molar-refractivity contribution in [2.75, 3.05) is 11.9 Å². The van der Waals surface area contributed by atoms with Crippen molar-refractivity contribution < 1.29 is 14.3 Å². The van der Waals surface area contributed by atoms with Gasteiger partial charge in [-0.1, -0.05) is 30.3 Å². The number of rotatable bonds is 4. The van der Waals surface area contributed by atoms with E-state index in [1.807, 2.05) is 12.1 Å². The zero-order valence-electron chi connectivity index (χ0n) is 10.3. The lowest BCUT2D eigenvalue weighted by molar-refractivity contribution is -0.118. The highest BCUT2D eigenvalue weighted by Gasteiger charge is 2.06. The van der Waals surface area contributed by atoms with Crippen LogP contribution in [0.4, 0.5) is 10.1 Å². The predicted octanol–water partition coefficient (Wildman–Crippen LogP) is 2.35. The minimum atomic E-state index is -0.551. The smallest absolute Gasteiger partial charge is 0.250 e. The van der Waals surface area contributed by atoms with Crippen LogP contribution in [0.1, 0.15) is 11.1 Å². The zero-order chi connectivity index (χ0) is 13.7. The number of halogens is 1. The van der Waals surface area contributed by atoms with Crippen molar-refractivity contribution in [1.29, 1.82) is 0 Å². The Morgan fingerprint density at radius 2 is 1.79 bits per heavy atom. The SMILES string of the molecule is O=C(CO)Nc1ccccc1Cc1ccc(F)cc1. The maximum absolute atomic E-state index is 12.8. The standard InChI is InChI=1S/C15H14FNO2/c16-13-7-5-11(6-8-13)9-12-3-1-2-4-14(12)17-15(19)10-18/h1-8,18H,9-10H2,(H,17,19). The summed E-state index contributed by atoms with van der Waals surface area (Å²) < 4.78 is 12.8. The van der Waals surface area contributed by atoms with Gasteiger partial charge in [-0.3, -0.25) is 4.79 Å². The molecule has 0 saturated heterocycles. The number of carbonyl (C=O) groups is 1. The quantitative estimate of drug-likeness (QED) is 0.885. The number of hydrogen-bond acceptors (Lipinski definition) is 2. The Balaban J connectivity index is 2.20. The van der Waals surface area contributed by atoms with E-state index in [2.05, 4.69) is 5.32 Å². The van der Waals surface area contributed by atoms with E-state index in [-0.39, 0.29) is 5.82 Å². The van der Waals surface area contributed by atoms with Gasteiger partial charge in [0.1, 0.15) is 12.4 Å². The molecule has 0 aliphatic heterocycles. The summed E-state index contributed by atoms with van der Waals surface area (Å²) in [4.78, 5) is 11.2. The first-order chi connectivity index (χ1) is 9.19. The second-order valence-electron chi connectivity index (χ2n) is 4.17. The molecule has 4 heteroatoms. The molecule has 0 unspecified atom stereocenters. The summed E-state index contributed by atoms with van der Waals surface area (Å²) in [5.74, 6) is -0.725. The van der Waals surface area contributed by atoms with Crippen LogP contribution in [0.5, 0.6) is 0 Å². The molecule has 19 heavy (non-hydrogen) atoms. The van der Waals surface area contributed by atoms with Crippen LogP contribution < -0.4 is 5.32 Å². The van der Waals surface area contributed by atoms with E-state index in [0.717, 1.165) is 11.1 Å². The molecule has 2 rings (SSSR count). The van der Waals surface area contributed by atoms with Crippen LogP contribution in [0.25, 0.3) is 0 Å². The van der Waals surface area contributed by atoms with E-state index in [1.165, 1.54) is 12.1 Å². The van der Waals surface area contributed by atoms with Crippen molar-refractivity contribution in [3.05, 3.63) is 65.5 Å². The third-order valence-corrected chi connectivity index (χ3v) is 2.74. The van der Waals surface area contributed by atoms with Crippen molar-refractivity contribution in [3.63, 3.8) is 0 Å².